The van der Waals surface area contributed by atoms with E-state index in [1.807, 2.05) is 50.3 Å². The molecule has 154 valence electrons. The van der Waals surface area contributed by atoms with Crippen LogP contribution in [0.3, 0.4) is 0 Å². The van der Waals surface area contributed by atoms with Gasteiger partial charge in [-0.25, -0.2) is 0 Å². The van der Waals surface area contributed by atoms with Gasteiger partial charge in [-0.1, -0.05) is 73.1 Å². The Labute approximate surface area is 176 Å². The highest BCUT2D eigenvalue weighted by Crippen LogP contribution is 2.40. The van der Waals surface area contributed by atoms with Gasteiger partial charge in [-0.15, -0.1) is 0 Å². The molecule has 29 heavy (non-hydrogen) atoms. The molecule has 1 aromatic rings. The number of hydrogen-bond donors (Lipinski definition) is 1. The fraction of sp³-hybridized carbons (Fsp3) is 0.370. The molecule has 0 saturated heterocycles. The number of allylic oxidation sites excluding steroid dienone is 9. The van der Waals surface area contributed by atoms with Gasteiger partial charge in [0.25, 0.3) is 0 Å². The molecule has 0 aromatic heterocycles. The number of hydrogen-bond acceptors (Lipinski definition) is 1. The Hall–Kier alpha value is -2.61. The fourth-order valence-electron chi connectivity index (χ4n) is 3.70. The molecule has 0 unspecified atom stereocenters. The monoisotopic (exact) mass is 389 g/mol. The van der Waals surface area contributed by atoms with Crippen LogP contribution in [-0.4, -0.2) is 5.91 Å². The summed E-state index contributed by atoms with van der Waals surface area (Å²) in [4.78, 5) is 12.1. The van der Waals surface area contributed by atoms with Gasteiger partial charge in [-0.3, -0.25) is 4.79 Å². The molecule has 1 aliphatic carbocycles. The van der Waals surface area contributed by atoms with Crippen molar-refractivity contribution in [2.75, 3.05) is 5.32 Å². The molecule has 0 aliphatic heterocycles. The minimum atomic E-state index is -0.112. The van der Waals surface area contributed by atoms with Gasteiger partial charge in [0.2, 0.25) is 5.91 Å². The van der Waals surface area contributed by atoms with Gasteiger partial charge >= 0.3 is 0 Å². The average molecular weight is 390 g/mol. The Bertz CT molecular complexity index is 874. The second-order valence-electron chi connectivity index (χ2n) is 8.78. The van der Waals surface area contributed by atoms with Crippen LogP contribution in [0.4, 0.5) is 5.69 Å². The maximum absolute atomic E-state index is 12.1. The number of amides is 1. The van der Waals surface area contributed by atoms with Crippen LogP contribution in [0.5, 0.6) is 0 Å². The van der Waals surface area contributed by atoms with Crippen LogP contribution in [0.25, 0.3) is 0 Å². The van der Waals surface area contributed by atoms with Crippen molar-refractivity contribution in [2.45, 2.75) is 60.8 Å². The van der Waals surface area contributed by atoms with E-state index in [9.17, 15) is 4.79 Å². The zero-order valence-electron chi connectivity index (χ0n) is 18.8. The van der Waals surface area contributed by atoms with Gasteiger partial charge in [0, 0.05) is 11.8 Å². The van der Waals surface area contributed by atoms with Crippen LogP contribution < -0.4 is 5.32 Å². The van der Waals surface area contributed by atoms with Crippen LogP contribution in [0, 0.1) is 12.3 Å². The first-order valence-electron chi connectivity index (χ1n) is 10.5. The molecule has 0 fully saturated rings. The summed E-state index contributed by atoms with van der Waals surface area (Å²) in [5.74, 6) is -0.112. The Morgan fingerprint density at radius 3 is 2.38 bits per heavy atom. The van der Waals surface area contributed by atoms with E-state index in [0.29, 0.717) is 0 Å². The molecule has 2 nitrogen and oxygen atoms in total. The lowest BCUT2D eigenvalue weighted by molar-refractivity contribution is -0.111. The molecule has 2 rings (SSSR count). The van der Waals surface area contributed by atoms with E-state index in [4.69, 9.17) is 0 Å². The maximum Gasteiger partial charge on any atom is 0.248 e. The lowest BCUT2D eigenvalue weighted by Gasteiger charge is -2.32. The summed E-state index contributed by atoms with van der Waals surface area (Å²) in [6.45, 7) is 13.0. The SMILES string of the molecule is CC(=CC(=O)Nc1ccc(C)cc1)/C=C/C=C(C)/C=C/C1=C(C)CCCC1(C)C. The first-order valence-corrected chi connectivity index (χ1v) is 10.5. The highest BCUT2D eigenvalue weighted by Gasteiger charge is 2.26. The van der Waals surface area contributed by atoms with E-state index < -0.39 is 0 Å². The summed E-state index contributed by atoms with van der Waals surface area (Å²) in [5, 5.41) is 2.89. The van der Waals surface area contributed by atoms with Gasteiger partial charge < -0.3 is 5.32 Å². The Morgan fingerprint density at radius 1 is 1.03 bits per heavy atom. The van der Waals surface area contributed by atoms with Crippen molar-refractivity contribution in [3.05, 3.63) is 88.6 Å². The van der Waals surface area contributed by atoms with Crippen molar-refractivity contribution in [3.63, 3.8) is 0 Å². The first kappa shape index (κ1) is 22.7. The van der Waals surface area contributed by atoms with E-state index in [0.717, 1.165) is 11.3 Å². The molecular weight excluding hydrogens is 354 g/mol. The molecule has 2 heteroatoms. The second-order valence-corrected chi connectivity index (χ2v) is 8.78. The molecule has 0 spiro atoms. The normalized spacial score (nSPS) is 18.0. The van der Waals surface area contributed by atoms with Crippen molar-refractivity contribution in [1.29, 1.82) is 0 Å². The average Bonchev–Trinajstić information content (AvgIpc) is 2.62. The van der Waals surface area contributed by atoms with Gasteiger partial charge in [0.15, 0.2) is 0 Å². The molecule has 1 N–H and O–H groups in total. The zero-order valence-corrected chi connectivity index (χ0v) is 18.8. The number of carbonyl (C=O) groups is 1. The molecular formula is C27H35NO. The van der Waals surface area contributed by atoms with Crippen molar-refractivity contribution < 1.29 is 4.79 Å². The van der Waals surface area contributed by atoms with E-state index >= 15 is 0 Å². The Balaban J connectivity index is 1.95. The van der Waals surface area contributed by atoms with Crippen LogP contribution in [-0.2, 0) is 4.79 Å². The van der Waals surface area contributed by atoms with E-state index in [1.54, 1.807) is 6.08 Å². The van der Waals surface area contributed by atoms with Crippen molar-refractivity contribution in [1.82, 2.24) is 0 Å². The molecule has 0 saturated carbocycles. The number of benzene rings is 1. The van der Waals surface area contributed by atoms with Gasteiger partial charge in [-0.05, 0) is 75.7 Å². The predicted molar refractivity (Wildman–Crippen MR) is 126 cm³/mol. The summed E-state index contributed by atoms with van der Waals surface area (Å²) in [7, 11) is 0. The number of nitrogens with one attached hydrogen (secondary N) is 1. The molecule has 0 atom stereocenters. The number of carbonyl (C=O) groups excluding carboxylic acids is 1. The van der Waals surface area contributed by atoms with E-state index in [-0.39, 0.29) is 11.3 Å². The largest absolute Gasteiger partial charge is 0.323 e. The van der Waals surface area contributed by atoms with Crippen LogP contribution >= 0.6 is 0 Å². The third-order valence-corrected chi connectivity index (χ3v) is 5.45. The topological polar surface area (TPSA) is 29.1 Å². The van der Waals surface area contributed by atoms with Crippen LogP contribution in [0.2, 0.25) is 0 Å². The fourth-order valence-corrected chi connectivity index (χ4v) is 3.70. The molecule has 0 heterocycles. The van der Waals surface area contributed by atoms with Crippen LogP contribution in [0.15, 0.2) is 83.0 Å². The van der Waals surface area contributed by atoms with Crippen molar-refractivity contribution >= 4 is 11.6 Å². The summed E-state index contributed by atoms with van der Waals surface area (Å²) >= 11 is 0. The summed E-state index contributed by atoms with van der Waals surface area (Å²) in [6, 6.07) is 7.79. The van der Waals surface area contributed by atoms with Gasteiger partial charge in [0.05, 0.1) is 0 Å². The number of anilines is 1. The second kappa shape index (κ2) is 10.2. The van der Waals surface area contributed by atoms with Gasteiger partial charge in [-0.2, -0.15) is 0 Å². The summed E-state index contributed by atoms with van der Waals surface area (Å²) in [5.41, 5.74) is 7.34. The molecule has 0 bridgehead atoms. The minimum Gasteiger partial charge on any atom is -0.323 e. The standard InChI is InChI=1S/C27H35NO/c1-20(14-17-25-23(4)11-8-18-27(25,5)6)9-7-10-22(3)19-26(29)28-24-15-12-21(2)13-16-24/h7,9-10,12-17,19H,8,11,18H2,1-6H3,(H,28,29)/b10-7+,17-14+,20-9+,22-19?. The molecule has 1 amide bonds. The molecule has 1 aromatic carbocycles. The zero-order chi connectivity index (χ0) is 21.4. The number of rotatable bonds is 6. The molecule has 0 radical (unpaired) electrons. The van der Waals surface area contributed by atoms with E-state index in [1.165, 1.54) is 41.5 Å². The molecule has 1 aliphatic rings. The lowest BCUT2D eigenvalue weighted by Crippen LogP contribution is -2.19. The van der Waals surface area contributed by atoms with Crippen molar-refractivity contribution in [2.24, 2.45) is 5.41 Å². The number of aryl methyl sites for hydroxylation is 1. The maximum atomic E-state index is 12.1. The first-order chi connectivity index (χ1) is 13.7. The Kier molecular flexibility index (Phi) is 8.01. The third kappa shape index (κ3) is 7.38. The van der Waals surface area contributed by atoms with Crippen LogP contribution in [0.1, 0.15) is 59.4 Å². The van der Waals surface area contributed by atoms with E-state index in [2.05, 4.69) is 51.2 Å². The summed E-state index contributed by atoms with van der Waals surface area (Å²) < 4.78 is 0. The van der Waals surface area contributed by atoms with Gasteiger partial charge in [0.1, 0.15) is 0 Å². The smallest absolute Gasteiger partial charge is 0.248 e. The summed E-state index contributed by atoms with van der Waals surface area (Å²) in [6.07, 6.45) is 15.9. The Morgan fingerprint density at radius 2 is 1.72 bits per heavy atom. The lowest BCUT2D eigenvalue weighted by atomic mass is 9.72. The highest BCUT2D eigenvalue weighted by atomic mass is 16.1. The highest BCUT2D eigenvalue weighted by molar-refractivity contribution is 5.99. The minimum absolute atomic E-state index is 0.112. The van der Waals surface area contributed by atoms with Crippen molar-refractivity contribution in [3.8, 4) is 0 Å². The quantitative estimate of drug-likeness (QED) is 0.397. The third-order valence-electron chi connectivity index (χ3n) is 5.45. The predicted octanol–water partition coefficient (Wildman–Crippen LogP) is 7.47.